The van der Waals surface area contributed by atoms with Crippen LogP contribution in [-0.4, -0.2) is 18.0 Å². The molecule has 1 atom stereocenters. The second-order valence-corrected chi connectivity index (χ2v) is 5.33. The second kappa shape index (κ2) is 6.52. The van der Waals surface area contributed by atoms with Gasteiger partial charge in [-0.25, -0.2) is 0 Å². The van der Waals surface area contributed by atoms with Crippen LogP contribution in [0.3, 0.4) is 0 Å². The summed E-state index contributed by atoms with van der Waals surface area (Å²) in [7, 11) is 1.32. The number of esters is 1. The normalized spacial score (nSPS) is 15.9. The molecule has 1 aliphatic carbocycles. The highest BCUT2D eigenvalue weighted by molar-refractivity contribution is 5.80. The molecule has 21 heavy (non-hydrogen) atoms. The average Bonchev–Trinajstić information content (AvgIpc) is 2.89. The van der Waals surface area contributed by atoms with Gasteiger partial charge in [-0.2, -0.15) is 0 Å². The first-order chi connectivity index (χ1) is 10.0. The third kappa shape index (κ3) is 3.29. The van der Waals surface area contributed by atoms with Crippen LogP contribution in [0, 0.1) is 10.1 Å². The molecule has 1 aromatic carbocycles. The number of ether oxygens (including phenoxy) is 1. The van der Waals surface area contributed by atoms with Gasteiger partial charge in [0.25, 0.3) is 5.69 Å². The fraction of sp³-hybridized carbons (Fsp3) is 0.438. The Labute approximate surface area is 123 Å². The average molecular weight is 289 g/mol. The summed E-state index contributed by atoms with van der Waals surface area (Å²) in [5.41, 5.74) is 2.93. The van der Waals surface area contributed by atoms with E-state index in [-0.39, 0.29) is 5.69 Å². The van der Waals surface area contributed by atoms with Gasteiger partial charge in [-0.1, -0.05) is 29.3 Å². The summed E-state index contributed by atoms with van der Waals surface area (Å²) in [6.45, 7) is 2.07. The van der Waals surface area contributed by atoms with E-state index in [1.54, 1.807) is 18.2 Å². The standard InChI is InChI=1S/C16H19NO4/c1-11-6-5-7-12(11)10-14(16(18)21-2)13-8-3-4-9-15(13)17(19)20/h3-4,8-9,14H,5-7,10H2,1-2H3. The third-order valence-electron chi connectivity index (χ3n) is 4.08. The predicted octanol–water partition coefficient (Wildman–Crippen LogP) is 3.74. The van der Waals surface area contributed by atoms with Crippen LogP contribution >= 0.6 is 0 Å². The maximum Gasteiger partial charge on any atom is 0.313 e. The lowest BCUT2D eigenvalue weighted by molar-refractivity contribution is -0.385. The molecular formula is C16H19NO4. The number of nitrogens with zero attached hydrogens (tertiary/aromatic N) is 1. The van der Waals surface area contributed by atoms with Gasteiger partial charge in [0.15, 0.2) is 0 Å². The minimum atomic E-state index is -0.611. The van der Waals surface area contributed by atoms with E-state index in [1.165, 1.54) is 24.3 Å². The van der Waals surface area contributed by atoms with E-state index in [0.29, 0.717) is 12.0 Å². The number of carbonyl (C=O) groups is 1. The van der Waals surface area contributed by atoms with E-state index < -0.39 is 16.8 Å². The first-order valence-corrected chi connectivity index (χ1v) is 7.03. The van der Waals surface area contributed by atoms with E-state index >= 15 is 0 Å². The second-order valence-electron chi connectivity index (χ2n) is 5.33. The first-order valence-electron chi connectivity index (χ1n) is 7.03. The fourth-order valence-corrected chi connectivity index (χ4v) is 2.89. The molecule has 0 aliphatic heterocycles. The molecule has 2 rings (SSSR count). The Morgan fingerprint density at radius 1 is 1.38 bits per heavy atom. The smallest absolute Gasteiger partial charge is 0.313 e. The SMILES string of the molecule is COC(=O)C(CC1=C(C)CCC1)c1ccccc1[N+](=O)[O-]. The predicted molar refractivity (Wildman–Crippen MR) is 79.0 cm³/mol. The van der Waals surface area contributed by atoms with Crippen molar-refractivity contribution >= 4 is 11.7 Å². The first kappa shape index (κ1) is 15.2. The molecule has 0 saturated carbocycles. The molecule has 0 bridgehead atoms. The van der Waals surface area contributed by atoms with Gasteiger partial charge in [-0.15, -0.1) is 0 Å². The van der Waals surface area contributed by atoms with Gasteiger partial charge in [0.05, 0.1) is 18.0 Å². The van der Waals surface area contributed by atoms with Gasteiger partial charge < -0.3 is 4.74 Å². The fourth-order valence-electron chi connectivity index (χ4n) is 2.89. The Hall–Kier alpha value is -2.17. The van der Waals surface area contributed by atoms with E-state index in [0.717, 1.165) is 19.3 Å². The van der Waals surface area contributed by atoms with Crippen molar-refractivity contribution in [3.05, 3.63) is 51.1 Å². The monoisotopic (exact) mass is 289 g/mol. The van der Waals surface area contributed by atoms with Crippen molar-refractivity contribution in [1.82, 2.24) is 0 Å². The van der Waals surface area contributed by atoms with Crippen molar-refractivity contribution in [2.45, 2.75) is 38.5 Å². The number of benzene rings is 1. The Morgan fingerprint density at radius 2 is 2.10 bits per heavy atom. The Balaban J connectivity index is 2.39. The summed E-state index contributed by atoms with van der Waals surface area (Å²) >= 11 is 0. The van der Waals surface area contributed by atoms with Crippen LogP contribution in [0.1, 0.15) is 44.1 Å². The zero-order valence-corrected chi connectivity index (χ0v) is 12.3. The Kier molecular flexibility index (Phi) is 4.73. The zero-order chi connectivity index (χ0) is 15.4. The highest BCUT2D eigenvalue weighted by atomic mass is 16.6. The van der Waals surface area contributed by atoms with Gasteiger partial charge in [-0.05, 0) is 32.6 Å². The van der Waals surface area contributed by atoms with Crippen LogP contribution in [0.25, 0.3) is 0 Å². The summed E-state index contributed by atoms with van der Waals surface area (Å²) in [6.07, 6.45) is 3.59. The van der Waals surface area contributed by atoms with Gasteiger partial charge in [0, 0.05) is 11.6 Å². The van der Waals surface area contributed by atoms with Crippen LogP contribution in [0.5, 0.6) is 0 Å². The lowest BCUT2D eigenvalue weighted by Gasteiger charge is -2.16. The maximum atomic E-state index is 12.1. The summed E-state index contributed by atoms with van der Waals surface area (Å²) in [6, 6.07) is 6.40. The molecule has 0 fully saturated rings. The number of allylic oxidation sites excluding steroid dienone is 2. The Bertz CT molecular complexity index is 592. The number of hydrogen-bond donors (Lipinski definition) is 0. The summed E-state index contributed by atoms with van der Waals surface area (Å²) < 4.78 is 4.86. The molecule has 0 radical (unpaired) electrons. The number of nitro benzene ring substituents is 1. The molecule has 0 amide bonds. The highest BCUT2D eigenvalue weighted by Crippen LogP contribution is 2.37. The molecule has 0 spiro atoms. The highest BCUT2D eigenvalue weighted by Gasteiger charge is 2.30. The third-order valence-corrected chi connectivity index (χ3v) is 4.08. The number of para-hydroxylation sites is 1. The van der Waals surface area contributed by atoms with Gasteiger partial charge in [-0.3, -0.25) is 14.9 Å². The van der Waals surface area contributed by atoms with Crippen LogP contribution in [0.15, 0.2) is 35.4 Å². The minimum Gasteiger partial charge on any atom is -0.469 e. The molecule has 0 saturated heterocycles. The molecule has 0 aromatic heterocycles. The van der Waals surface area contributed by atoms with Gasteiger partial charge >= 0.3 is 5.97 Å². The molecule has 1 aliphatic rings. The van der Waals surface area contributed by atoms with Gasteiger partial charge in [0.2, 0.25) is 0 Å². The number of nitro groups is 1. The Morgan fingerprint density at radius 3 is 2.67 bits per heavy atom. The van der Waals surface area contributed by atoms with Crippen LogP contribution in [0.2, 0.25) is 0 Å². The molecule has 5 nitrogen and oxygen atoms in total. The van der Waals surface area contributed by atoms with Crippen molar-refractivity contribution in [2.24, 2.45) is 0 Å². The van der Waals surface area contributed by atoms with E-state index in [9.17, 15) is 14.9 Å². The summed E-state index contributed by atoms with van der Waals surface area (Å²) in [4.78, 5) is 22.9. The number of hydrogen-bond acceptors (Lipinski definition) is 4. The zero-order valence-electron chi connectivity index (χ0n) is 12.3. The molecule has 1 unspecified atom stereocenters. The maximum absolute atomic E-state index is 12.1. The molecule has 1 aromatic rings. The number of methoxy groups -OCH3 is 1. The minimum absolute atomic E-state index is 0.0239. The van der Waals surface area contributed by atoms with Crippen LogP contribution < -0.4 is 0 Å². The molecule has 5 heteroatoms. The van der Waals surface area contributed by atoms with Crippen LogP contribution in [0.4, 0.5) is 5.69 Å². The van der Waals surface area contributed by atoms with Crippen molar-refractivity contribution in [2.75, 3.05) is 7.11 Å². The number of rotatable bonds is 5. The van der Waals surface area contributed by atoms with E-state index in [1.807, 2.05) is 0 Å². The summed E-state index contributed by atoms with van der Waals surface area (Å²) in [5, 5.41) is 11.2. The lowest BCUT2D eigenvalue weighted by atomic mass is 9.89. The van der Waals surface area contributed by atoms with Crippen molar-refractivity contribution in [3.8, 4) is 0 Å². The van der Waals surface area contributed by atoms with Crippen molar-refractivity contribution in [1.29, 1.82) is 0 Å². The molecular weight excluding hydrogens is 270 g/mol. The van der Waals surface area contributed by atoms with E-state index in [2.05, 4.69) is 6.92 Å². The lowest BCUT2D eigenvalue weighted by Crippen LogP contribution is -2.16. The van der Waals surface area contributed by atoms with Gasteiger partial charge in [0.1, 0.15) is 0 Å². The largest absolute Gasteiger partial charge is 0.469 e. The topological polar surface area (TPSA) is 69.4 Å². The quantitative estimate of drug-likeness (QED) is 0.358. The van der Waals surface area contributed by atoms with Crippen molar-refractivity contribution in [3.63, 3.8) is 0 Å². The molecule has 0 N–H and O–H groups in total. The number of carbonyl (C=O) groups excluding carboxylic acids is 1. The molecule has 0 heterocycles. The van der Waals surface area contributed by atoms with Crippen molar-refractivity contribution < 1.29 is 14.5 Å². The van der Waals surface area contributed by atoms with Crippen LogP contribution in [-0.2, 0) is 9.53 Å². The molecule has 112 valence electrons. The summed E-state index contributed by atoms with van der Waals surface area (Å²) in [5.74, 6) is -1.03. The van der Waals surface area contributed by atoms with E-state index in [4.69, 9.17) is 4.74 Å².